The number of carbonyl (C=O) groups excluding carboxylic acids is 1. The van der Waals surface area contributed by atoms with Crippen LogP contribution in [0.25, 0.3) is 0 Å². The van der Waals surface area contributed by atoms with Gasteiger partial charge in [0.25, 0.3) is 5.91 Å². The van der Waals surface area contributed by atoms with Crippen LogP contribution < -0.4 is 14.8 Å². The predicted octanol–water partition coefficient (Wildman–Crippen LogP) is 3.13. The highest BCUT2D eigenvalue weighted by Gasteiger charge is 2.23. The number of aromatic nitrogens is 2. The predicted molar refractivity (Wildman–Crippen MR) is 96.9 cm³/mol. The second kappa shape index (κ2) is 6.82. The number of anilines is 2. The first-order valence-corrected chi connectivity index (χ1v) is 8.90. The van der Waals surface area contributed by atoms with Crippen LogP contribution in [0.1, 0.15) is 36.1 Å². The summed E-state index contributed by atoms with van der Waals surface area (Å²) in [6.07, 6.45) is 2.08. The van der Waals surface area contributed by atoms with E-state index < -0.39 is 0 Å². The number of nitrogens with zero attached hydrogens (tertiary/aromatic N) is 3. The zero-order valence-corrected chi connectivity index (χ0v) is 15.0. The summed E-state index contributed by atoms with van der Waals surface area (Å²) >= 11 is 0. The zero-order valence-electron chi connectivity index (χ0n) is 15.0. The maximum Gasteiger partial charge on any atom is 0.272 e. The second-order valence-corrected chi connectivity index (χ2v) is 6.85. The molecule has 3 heterocycles. The van der Waals surface area contributed by atoms with Crippen LogP contribution in [0.4, 0.5) is 11.5 Å². The van der Waals surface area contributed by atoms with E-state index in [4.69, 9.17) is 9.47 Å². The lowest BCUT2D eigenvalue weighted by atomic mass is 9.99. The van der Waals surface area contributed by atoms with Gasteiger partial charge in [0.15, 0.2) is 11.5 Å². The first-order chi connectivity index (χ1) is 12.6. The summed E-state index contributed by atoms with van der Waals surface area (Å²) in [5, 5.41) is 3.22. The van der Waals surface area contributed by atoms with Crippen molar-refractivity contribution in [3.05, 3.63) is 35.8 Å². The van der Waals surface area contributed by atoms with Crippen LogP contribution in [0, 0.1) is 12.8 Å². The molecule has 0 spiro atoms. The molecular formula is C19H22N4O3. The van der Waals surface area contributed by atoms with Crippen molar-refractivity contribution in [3.63, 3.8) is 0 Å². The Labute approximate surface area is 152 Å². The van der Waals surface area contributed by atoms with E-state index in [1.54, 1.807) is 13.0 Å². The maximum absolute atomic E-state index is 12.8. The fourth-order valence-electron chi connectivity index (χ4n) is 3.24. The molecule has 0 aliphatic carbocycles. The second-order valence-electron chi connectivity index (χ2n) is 6.85. The first-order valence-electron chi connectivity index (χ1n) is 8.90. The van der Waals surface area contributed by atoms with Crippen LogP contribution in [-0.4, -0.2) is 40.7 Å². The minimum Gasteiger partial charge on any atom is -0.454 e. The van der Waals surface area contributed by atoms with E-state index in [2.05, 4.69) is 22.2 Å². The molecular weight excluding hydrogens is 332 g/mol. The van der Waals surface area contributed by atoms with Gasteiger partial charge in [-0.1, -0.05) is 6.92 Å². The maximum atomic E-state index is 12.8. The van der Waals surface area contributed by atoms with Crippen molar-refractivity contribution in [3.8, 4) is 11.5 Å². The van der Waals surface area contributed by atoms with Crippen molar-refractivity contribution in [1.29, 1.82) is 0 Å². The third-order valence-corrected chi connectivity index (χ3v) is 4.77. The summed E-state index contributed by atoms with van der Waals surface area (Å²) in [6.45, 7) is 5.82. The van der Waals surface area contributed by atoms with Crippen LogP contribution >= 0.6 is 0 Å². The number of ether oxygens (including phenoxy) is 2. The van der Waals surface area contributed by atoms with Gasteiger partial charge in [-0.2, -0.15) is 0 Å². The van der Waals surface area contributed by atoms with Crippen LogP contribution in [0.3, 0.4) is 0 Å². The van der Waals surface area contributed by atoms with Crippen molar-refractivity contribution >= 4 is 17.4 Å². The third kappa shape index (κ3) is 3.42. The van der Waals surface area contributed by atoms with E-state index in [1.165, 1.54) is 0 Å². The minimum atomic E-state index is -0.0314. The van der Waals surface area contributed by atoms with E-state index >= 15 is 0 Å². The van der Waals surface area contributed by atoms with Gasteiger partial charge in [0.1, 0.15) is 17.3 Å². The monoisotopic (exact) mass is 354 g/mol. The molecule has 1 amide bonds. The van der Waals surface area contributed by atoms with Crippen LogP contribution in [0.15, 0.2) is 24.3 Å². The zero-order chi connectivity index (χ0) is 18.1. The molecule has 1 aromatic heterocycles. The molecule has 1 N–H and O–H groups in total. The molecule has 1 fully saturated rings. The fourth-order valence-corrected chi connectivity index (χ4v) is 3.24. The number of amides is 1. The van der Waals surface area contributed by atoms with E-state index in [0.29, 0.717) is 29.0 Å². The number of carbonyl (C=O) groups is 1. The Hall–Kier alpha value is -2.83. The van der Waals surface area contributed by atoms with Crippen molar-refractivity contribution in [2.45, 2.75) is 26.7 Å². The number of nitrogens with one attached hydrogen (secondary N) is 1. The lowest BCUT2D eigenvalue weighted by Crippen LogP contribution is -2.38. The molecule has 26 heavy (non-hydrogen) atoms. The summed E-state index contributed by atoms with van der Waals surface area (Å²) in [5.41, 5.74) is 1.24. The minimum absolute atomic E-state index is 0.0314. The highest BCUT2D eigenvalue weighted by atomic mass is 16.7. The van der Waals surface area contributed by atoms with Crippen molar-refractivity contribution in [1.82, 2.24) is 14.9 Å². The van der Waals surface area contributed by atoms with E-state index in [9.17, 15) is 4.79 Å². The molecule has 1 saturated heterocycles. The van der Waals surface area contributed by atoms with Crippen molar-refractivity contribution in [2.24, 2.45) is 5.92 Å². The molecule has 0 radical (unpaired) electrons. The Morgan fingerprint density at radius 3 is 2.73 bits per heavy atom. The van der Waals surface area contributed by atoms with Gasteiger partial charge in [-0.25, -0.2) is 9.97 Å². The summed E-state index contributed by atoms with van der Waals surface area (Å²) in [7, 11) is 0. The van der Waals surface area contributed by atoms with E-state index in [-0.39, 0.29) is 12.7 Å². The number of fused-ring (bicyclic) bond motifs is 1. The SMILES string of the molecule is Cc1nc(Nc2ccc3c(c2)OCO3)cc(C(=O)N2CCC(C)CC2)n1. The summed E-state index contributed by atoms with van der Waals surface area (Å²) in [4.78, 5) is 23.4. The number of piperidine rings is 1. The molecule has 4 rings (SSSR count). The lowest BCUT2D eigenvalue weighted by Gasteiger charge is -2.30. The number of rotatable bonds is 3. The Kier molecular flexibility index (Phi) is 4.36. The Balaban J connectivity index is 1.53. The summed E-state index contributed by atoms with van der Waals surface area (Å²) in [6, 6.07) is 7.30. The van der Waals surface area contributed by atoms with Gasteiger partial charge < -0.3 is 19.7 Å². The smallest absolute Gasteiger partial charge is 0.272 e. The average Bonchev–Trinajstić information content (AvgIpc) is 3.09. The van der Waals surface area contributed by atoms with Crippen LogP contribution in [0.2, 0.25) is 0 Å². The number of likely N-dealkylation sites (tertiary alicyclic amines) is 1. The molecule has 2 aromatic rings. The van der Waals surface area contributed by atoms with Crippen molar-refractivity contribution in [2.75, 3.05) is 25.2 Å². The first kappa shape index (κ1) is 16.6. The number of aryl methyl sites for hydroxylation is 1. The van der Waals surface area contributed by atoms with Gasteiger partial charge in [-0.15, -0.1) is 0 Å². The van der Waals surface area contributed by atoms with Gasteiger partial charge in [-0.3, -0.25) is 4.79 Å². The van der Waals surface area contributed by atoms with Gasteiger partial charge in [-0.05, 0) is 37.8 Å². The highest BCUT2D eigenvalue weighted by Crippen LogP contribution is 2.35. The number of hydrogen-bond donors (Lipinski definition) is 1. The highest BCUT2D eigenvalue weighted by molar-refractivity contribution is 5.93. The molecule has 2 aliphatic rings. The van der Waals surface area contributed by atoms with E-state index in [0.717, 1.165) is 37.4 Å². The number of hydrogen-bond acceptors (Lipinski definition) is 6. The lowest BCUT2D eigenvalue weighted by molar-refractivity contribution is 0.0691. The molecule has 0 bridgehead atoms. The topological polar surface area (TPSA) is 76.6 Å². The van der Waals surface area contributed by atoms with Crippen molar-refractivity contribution < 1.29 is 14.3 Å². The largest absolute Gasteiger partial charge is 0.454 e. The molecule has 7 heteroatoms. The quantitative estimate of drug-likeness (QED) is 0.913. The number of benzene rings is 1. The normalized spacial score (nSPS) is 16.6. The van der Waals surface area contributed by atoms with Gasteiger partial charge >= 0.3 is 0 Å². The van der Waals surface area contributed by atoms with Gasteiger partial charge in [0.05, 0.1) is 0 Å². The van der Waals surface area contributed by atoms with Crippen LogP contribution in [0.5, 0.6) is 11.5 Å². The van der Waals surface area contributed by atoms with Crippen LogP contribution in [-0.2, 0) is 0 Å². The standard InChI is InChI=1S/C19H22N4O3/c1-12-5-7-23(8-6-12)19(24)15-10-18(21-13(2)20-15)22-14-3-4-16-17(9-14)26-11-25-16/h3-4,9-10,12H,5-8,11H2,1-2H3,(H,20,21,22). The molecule has 136 valence electrons. The van der Waals surface area contributed by atoms with E-state index in [1.807, 2.05) is 23.1 Å². The average molecular weight is 354 g/mol. The summed E-state index contributed by atoms with van der Waals surface area (Å²) in [5.74, 6) is 3.21. The summed E-state index contributed by atoms with van der Waals surface area (Å²) < 4.78 is 10.7. The molecule has 7 nitrogen and oxygen atoms in total. The van der Waals surface area contributed by atoms with Gasteiger partial charge in [0.2, 0.25) is 6.79 Å². The molecule has 0 atom stereocenters. The molecule has 1 aromatic carbocycles. The Morgan fingerprint density at radius 1 is 1.15 bits per heavy atom. The molecule has 0 unspecified atom stereocenters. The Morgan fingerprint density at radius 2 is 1.92 bits per heavy atom. The fraction of sp³-hybridized carbons (Fsp3) is 0.421. The Bertz CT molecular complexity index is 832. The van der Waals surface area contributed by atoms with Gasteiger partial charge in [0, 0.05) is 30.9 Å². The third-order valence-electron chi connectivity index (χ3n) is 4.77. The molecule has 0 saturated carbocycles. The molecule has 2 aliphatic heterocycles.